The van der Waals surface area contributed by atoms with E-state index in [1.54, 1.807) is 30.3 Å². The lowest BCUT2D eigenvalue weighted by molar-refractivity contribution is 0.0685. The molecule has 0 fully saturated rings. The summed E-state index contributed by atoms with van der Waals surface area (Å²) >= 11 is 0. The Morgan fingerprint density at radius 3 is 1.80 bits per heavy atom. The first kappa shape index (κ1) is 35.0. The van der Waals surface area contributed by atoms with Gasteiger partial charge in [0.2, 0.25) is 0 Å². The van der Waals surface area contributed by atoms with Crippen LogP contribution in [0, 0.1) is 41.5 Å². The van der Waals surface area contributed by atoms with Crippen molar-refractivity contribution in [2.75, 3.05) is 0 Å². The number of carboxylic acid groups (broad SMARTS) is 2. The van der Waals surface area contributed by atoms with Crippen molar-refractivity contribution in [2.45, 2.75) is 52.9 Å². The van der Waals surface area contributed by atoms with E-state index in [-0.39, 0.29) is 22.3 Å². The maximum absolute atomic E-state index is 12.7. The smallest absolute Gasteiger partial charge is 0.336 e. The fourth-order valence-corrected chi connectivity index (χ4v) is 7.44. The van der Waals surface area contributed by atoms with Gasteiger partial charge >= 0.3 is 11.9 Å². The van der Waals surface area contributed by atoms with E-state index >= 15 is 0 Å². The molecule has 5 aromatic rings. The summed E-state index contributed by atoms with van der Waals surface area (Å²) in [4.78, 5) is 25.0. The van der Waals surface area contributed by atoms with Crippen molar-refractivity contribution in [1.82, 2.24) is 0 Å². The third kappa shape index (κ3) is 7.41. The number of aryl methyl sites for hydroxylation is 6. The quantitative estimate of drug-likeness (QED) is 0.154. The first-order chi connectivity index (χ1) is 23.0. The molecule has 0 radical (unpaired) electrons. The molecule has 5 rings (SSSR count). The Hall–Kier alpha value is -5.31. The standard InChI is InChI=1S/C41H38O7S/c1-23-15-25(3)34(26(4)16-23)19-29-11-13-31(21-36(29)40(42)43)39(33-9-7-8-10-38(33)49(46,47)48)32-14-12-30(37(22-32)41(44)45)20-35-27(5)17-24(2)18-28(35)6/h7-19,21-22H,20H2,1-6H3,(H,42,43)(H,44,45)(H,46,47,48)/b29-19+,39-31+. The molecule has 7 nitrogen and oxygen atoms in total. The van der Waals surface area contributed by atoms with Crippen molar-refractivity contribution >= 4 is 33.7 Å². The van der Waals surface area contributed by atoms with E-state index < -0.39 is 27.0 Å². The van der Waals surface area contributed by atoms with Crippen LogP contribution in [-0.4, -0.2) is 35.1 Å². The largest absolute Gasteiger partial charge is 0.478 e. The third-order valence-corrected chi connectivity index (χ3v) is 9.79. The predicted molar refractivity (Wildman–Crippen MR) is 192 cm³/mol. The Balaban J connectivity index is 1.84. The highest BCUT2D eigenvalue weighted by molar-refractivity contribution is 7.86. The van der Waals surface area contributed by atoms with Crippen LogP contribution in [0.1, 0.15) is 81.9 Å². The first-order valence-electron chi connectivity index (χ1n) is 15.7. The van der Waals surface area contributed by atoms with E-state index in [1.807, 2.05) is 59.8 Å². The lowest BCUT2D eigenvalue weighted by atomic mass is 9.88. The normalized spacial score (nSPS) is 12.6. The van der Waals surface area contributed by atoms with Gasteiger partial charge in [0.15, 0.2) is 0 Å². The molecular formula is C41H38O7S. The van der Waals surface area contributed by atoms with E-state index in [4.69, 9.17) is 0 Å². The Morgan fingerprint density at radius 2 is 1.22 bits per heavy atom. The Bertz CT molecular complexity index is 2360. The summed E-state index contributed by atoms with van der Waals surface area (Å²) in [6, 6.07) is 23.7. The van der Waals surface area contributed by atoms with Crippen LogP contribution in [0.2, 0.25) is 0 Å². The minimum absolute atomic E-state index is 0.0208. The van der Waals surface area contributed by atoms with Crippen LogP contribution in [-0.2, 0) is 16.5 Å². The van der Waals surface area contributed by atoms with Gasteiger partial charge in [-0.25, -0.2) is 9.59 Å². The molecular weight excluding hydrogens is 637 g/mol. The van der Waals surface area contributed by atoms with Gasteiger partial charge in [-0.15, -0.1) is 0 Å². The maximum Gasteiger partial charge on any atom is 0.336 e. The third-order valence-electron chi connectivity index (χ3n) is 8.88. The van der Waals surface area contributed by atoms with Crippen LogP contribution in [0.15, 0.2) is 89.8 Å². The number of hydrogen-bond donors (Lipinski definition) is 3. The molecule has 8 heteroatoms. The highest BCUT2D eigenvalue weighted by atomic mass is 32.2. The minimum atomic E-state index is -4.73. The van der Waals surface area contributed by atoms with Gasteiger partial charge in [0.1, 0.15) is 4.90 Å². The van der Waals surface area contributed by atoms with Crippen LogP contribution in [0.3, 0.4) is 0 Å². The average Bonchev–Trinajstić information content (AvgIpc) is 3.01. The monoisotopic (exact) mass is 674 g/mol. The van der Waals surface area contributed by atoms with E-state index in [1.165, 1.54) is 30.3 Å². The van der Waals surface area contributed by atoms with Gasteiger partial charge in [0.25, 0.3) is 10.1 Å². The number of carboxylic acids is 2. The van der Waals surface area contributed by atoms with Crippen molar-refractivity contribution in [3.63, 3.8) is 0 Å². The van der Waals surface area contributed by atoms with Crippen molar-refractivity contribution in [3.8, 4) is 0 Å². The summed E-state index contributed by atoms with van der Waals surface area (Å²) in [7, 11) is -4.73. The molecule has 0 amide bonds. The molecule has 0 aromatic heterocycles. The molecule has 0 heterocycles. The lowest BCUT2D eigenvalue weighted by Crippen LogP contribution is -2.22. The Labute approximate surface area is 286 Å². The first-order valence-corrected chi connectivity index (χ1v) is 17.2. The second-order valence-corrected chi connectivity index (χ2v) is 14.0. The van der Waals surface area contributed by atoms with E-state index in [2.05, 4.69) is 12.1 Å². The SMILES string of the molecule is Cc1cc(C)c(/C=c2\cc/c(=C(/c3ccc(Cc4c(C)cc(C)cc4C)c(C(=O)O)c3)c3ccccc3S(=O)(=O)O)cc2C(=O)O)c(C)c1. The maximum atomic E-state index is 12.7. The molecule has 0 aliphatic rings. The van der Waals surface area contributed by atoms with Crippen molar-refractivity contribution in [2.24, 2.45) is 0 Å². The van der Waals surface area contributed by atoms with Gasteiger partial charge in [-0.1, -0.05) is 77.9 Å². The number of rotatable bonds is 8. The molecule has 0 spiro atoms. The highest BCUT2D eigenvalue weighted by Crippen LogP contribution is 2.30. The molecule has 0 aliphatic carbocycles. The van der Waals surface area contributed by atoms with Gasteiger partial charge in [-0.05, 0) is 133 Å². The van der Waals surface area contributed by atoms with E-state index in [9.17, 15) is 32.8 Å². The molecule has 3 N–H and O–H groups in total. The van der Waals surface area contributed by atoms with Gasteiger partial charge in [-0.3, -0.25) is 4.55 Å². The fourth-order valence-electron chi connectivity index (χ4n) is 6.74. The Kier molecular flexibility index (Phi) is 9.76. The molecule has 250 valence electrons. The van der Waals surface area contributed by atoms with Crippen LogP contribution >= 0.6 is 0 Å². The van der Waals surface area contributed by atoms with Crippen molar-refractivity contribution in [3.05, 3.63) is 168 Å². The zero-order valence-electron chi connectivity index (χ0n) is 28.3. The summed E-state index contributed by atoms with van der Waals surface area (Å²) < 4.78 is 35.4. The molecule has 0 atom stereocenters. The van der Waals surface area contributed by atoms with Crippen LogP contribution in [0.4, 0.5) is 0 Å². The van der Waals surface area contributed by atoms with Gasteiger partial charge < -0.3 is 10.2 Å². The average molecular weight is 675 g/mol. The molecule has 0 unspecified atom stereocenters. The highest BCUT2D eigenvalue weighted by Gasteiger charge is 2.22. The summed E-state index contributed by atoms with van der Waals surface area (Å²) in [5, 5.41) is 21.5. The van der Waals surface area contributed by atoms with Gasteiger partial charge in [0, 0.05) is 5.56 Å². The summed E-state index contributed by atoms with van der Waals surface area (Å²) in [6.07, 6.45) is 2.18. The summed E-state index contributed by atoms with van der Waals surface area (Å²) in [6.45, 7) is 11.9. The van der Waals surface area contributed by atoms with Gasteiger partial charge in [0.05, 0.1) is 11.1 Å². The molecule has 5 aromatic carbocycles. The topological polar surface area (TPSA) is 129 Å². The fraction of sp³-hybridized carbons (Fsp3) is 0.171. The van der Waals surface area contributed by atoms with E-state index in [0.29, 0.717) is 28.0 Å². The van der Waals surface area contributed by atoms with Crippen LogP contribution in [0.25, 0.3) is 11.6 Å². The Morgan fingerprint density at radius 1 is 0.653 bits per heavy atom. The van der Waals surface area contributed by atoms with Crippen LogP contribution in [0.5, 0.6) is 0 Å². The second-order valence-electron chi connectivity index (χ2n) is 12.6. The predicted octanol–water partition coefficient (Wildman–Crippen LogP) is 6.85. The number of hydrogen-bond acceptors (Lipinski definition) is 4. The number of aromatic carboxylic acids is 2. The van der Waals surface area contributed by atoms with Crippen molar-refractivity contribution in [1.29, 1.82) is 0 Å². The minimum Gasteiger partial charge on any atom is -0.478 e. The summed E-state index contributed by atoms with van der Waals surface area (Å²) in [5.74, 6) is -2.36. The van der Waals surface area contributed by atoms with E-state index in [0.717, 1.165) is 44.5 Å². The lowest BCUT2D eigenvalue weighted by Gasteiger charge is -2.17. The molecule has 0 bridgehead atoms. The zero-order chi connectivity index (χ0) is 35.8. The molecule has 0 saturated heterocycles. The zero-order valence-corrected chi connectivity index (χ0v) is 29.1. The summed E-state index contributed by atoms with van der Waals surface area (Å²) in [5.41, 5.74) is 9.41. The number of carbonyl (C=O) groups is 2. The van der Waals surface area contributed by atoms with Crippen molar-refractivity contribution < 1.29 is 32.8 Å². The molecule has 49 heavy (non-hydrogen) atoms. The molecule has 0 saturated carbocycles. The second kappa shape index (κ2) is 13.7. The van der Waals surface area contributed by atoms with Crippen LogP contribution < -0.4 is 10.4 Å². The number of benzene rings is 5. The molecule has 0 aliphatic heterocycles. The van der Waals surface area contributed by atoms with Gasteiger partial charge in [-0.2, -0.15) is 8.42 Å².